The minimum Gasteiger partial charge on any atom is -0.490 e. The summed E-state index contributed by atoms with van der Waals surface area (Å²) in [5.74, 6) is 0.543. The number of nitrogens with one attached hydrogen (secondary N) is 2. The Balaban J connectivity index is 1.82. The summed E-state index contributed by atoms with van der Waals surface area (Å²) in [6, 6.07) is 14.9. The third kappa shape index (κ3) is 6.66. The lowest BCUT2D eigenvalue weighted by Crippen LogP contribution is -2.37. The van der Waals surface area contributed by atoms with Gasteiger partial charge in [0.25, 0.3) is 5.91 Å². The maximum absolute atomic E-state index is 12.3. The van der Waals surface area contributed by atoms with Gasteiger partial charge < -0.3 is 20.1 Å². The Kier molecular flexibility index (Phi) is 8.16. The molecule has 0 atom stereocenters. The molecule has 2 aromatic carbocycles. The zero-order valence-electron chi connectivity index (χ0n) is 15.8. The fraction of sp³-hybridized carbons (Fsp3) is 0.333. The van der Waals surface area contributed by atoms with Crippen LogP contribution in [0.4, 0.5) is 0 Å². The molecule has 0 saturated carbocycles. The van der Waals surface area contributed by atoms with Crippen molar-refractivity contribution in [3.63, 3.8) is 0 Å². The highest BCUT2D eigenvalue weighted by molar-refractivity contribution is 5.97. The van der Waals surface area contributed by atoms with Gasteiger partial charge in [0.15, 0.2) is 11.5 Å². The molecule has 0 bridgehead atoms. The molecule has 2 N–H and O–H groups in total. The molecule has 0 aliphatic rings. The van der Waals surface area contributed by atoms with Crippen molar-refractivity contribution in [3.05, 3.63) is 59.7 Å². The second-order valence-corrected chi connectivity index (χ2v) is 5.80. The van der Waals surface area contributed by atoms with Crippen LogP contribution in [0.5, 0.6) is 11.5 Å². The number of carbonyl (C=O) groups is 2. The van der Waals surface area contributed by atoms with Crippen molar-refractivity contribution in [1.82, 2.24) is 10.6 Å². The summed E-state index contributed by atoms with van der Waals surface area (Å²) < 4.78 is 11.0. The maximum Gasteiger partial charge on any atom is 0.251 e. The monoisotopic (exact) mass is 370 g/mol. The van der Waals surface area contributed by atoms with Gasteiger partial charge in [-0.05, 0) is 44.0 Å². The van der Waals surface area contributed by atoms with Gasteiger partial charge in [-0.25, -0.2) is 0 Å². The topological polar surface area (TPSA) is 76.7 Å². The summed E-state index contributed by atoms with van der Waals surface area (Å²) in [5.41, 5.74) is 1.57. The van der Waals surface area contributed by atoms with Gasteiger partial charge in [0.2, 0.25) is 5.91 Å². The number of hydrogen-bond donors (Lipinski definition) is 2. The van der Waals surface area contributed by atoms with Crippen LogP contribution in [-0.2, 0) is 11.2 Å². The summed E-state index contributed by atoms with van der Waals surface area (Å²) in [7, 11) is 0. The lowest BCUT2D eigenvalue weighted by atomic mass is 10.1. The van der Waals surface area contributed by atoms with Crippen LogP contribution in [0, 0.1) is 0 Å². The van der Waals surface area contributed by atoms with Crippen molar-refractivity contribution in [1.29, 1.82) is 0 Å². The molecule has 6 heteroatoms. The van der Waals surface area contributed by atoms with E-state index in [0.29, 0.717) is 36.8 Å². The van der Waals surface area contributed by atoms with Crippen LogP contribution < -0.4 is 20.1 Å². The van der Waals surface area contributed by atoms with Crippen molar-refractivity contribution < 1.29 is 19.1 Å². The van der Waals surface area contributed by atoms with E-state index in [-0.39, 0.29) is 18.4 Å². The lowest BCUT2D eigenvalue weighted by Gasteiger charge is -2.12. The SMILES string of the molecule is CCOc1ccc(C(=O)NCC(=O)NCCc2ccccc2)cc1OCC. The second-order valence-electron chi connectivity index (χ2n) is 5.80. The van der Waals surface area contributed by atoms with Crippen molar-refractivity contribution in [3.8, 4) is 11.5 Å². The molecular weight excluding hydrogens is 344 g/mol. The lowest BCUT2D eigenvalue weighted by molar-refractivity contribution is -0.120. The van der Waals surface area contributed by atoms with Crippen molar-refractivity contribution >= 4 is 11.8 Å². The van der Waals surface area contributed by atoms with E-state index in [1.807, 2.05) is 44.2 Å². The first-order chi connectivity index (χ1) is 13.1. The molecular formula is C21H26N2O4. The number of hydrogen-bond acceptors (Lipinski definition) is 4. The molecule has 0 aromatic heterocycles. The third-order valence-corrected chi connectivity index (χ3v) is 3.79. The summed E-state index contributed by atoms with van der Waals surface area (Å²) in [6.45, 7) is 5.17. The Morgan fingerprint density at radius 1 is 0.889 bits per heavy atom. The first-order valence-corrected chi connectivity index (χ1v) is 9.12. The Bertz CT molecular complexity index is 747. The molecule has 0 saturated heterocycles. The van der Waals surface area contributed by atoms with Gasteiger partial charge in [-0.1, -0.05) is 30.3 Å². The Morgan fingerprint density at radius 3 is 2.30 bits per heavy atom. The summed E-state index contributed by atoms with van der Waals surface area (Å²) in [4.78, 5) is 24.2. The molecule has 2 amide bonds. The van der Waals surface area contributed by atoms with E-state index in [9.17, 15) is 9.59 Å². The Labute approximate surface area is 159 Å². The van der Waals surface area contributed by atoms with E-state index in [0.717, 1.165) is 12.0 Å². The predicted octanol–water partition coefficient (Wildman–Crippen LogP) is 2.57. The van der Waals surface area contributed by atoms with E-state index in [4.69, 9.17) is 9.47 Å². The highest BCUT2D eigenvalue weighted by Gasteiger charge is 2.12. The summed E-state index contributed by atoms with van der Waals surface area (Å²) >= 11 is 0. The van der Waals surface area contributed by atoms with Gasteiger partial charge in [-0.3, -0.25) is 9.59 Å². The molecule has 0 unspecified atom stereocenters. The minimum absolute atomic E-state index is 0.0786. The van der Waals surface area contributed by atoms with Crippen LogP contribution in [-0.4, -0.2) is 38.1 Å². The molecule has 2 rings (SSSR count). The van der Waals surface area contributed by atoms with Crippen molar-refractivity contribution in [2.24, 2.45) is 0 Å². The Hall–Kier alpha value is -3.02. The first-order valence-electron chi connectivity index (χ1n) is 9.12. The highest BCUT2D eigenvalue weighted by Crippen LogP contribution is 2.28. The van der Waals surface area contributed by atoms with Gasteiger partial charge in [0, 0.05) is 12.1 Å². The molecule has 27 heavy (non-hydrogen) atoms. The minimum atomic E-state index is -0.336. The van der Waals surface area contributed by atoms with E-state index >= 15 is 0 Å². The van der Waals surface area contributed by atoms with Crippen molar-refractivity contribution in [2.45, 2.75) is 20.3 Å². The van der Waals surface area contributed by atoms with Crippen LogP contribution in [0.2, 0.25) is 0 Å². The molecule has 0 aliphatic heterocycles. The third-order valence-electron chi connectivity index (χ3n) is 3.79. The summed E-state index contributed by atoms with van der Waals surface area (Å²) in [6.07, 6.45) is 0.747. The molecule has 0 radical (unpaired) electrons. The first kappa shape index (κ1) is 20.3. The molecule has 2 aromatic rings. The maximum atomic E-state index is 12.3. The van der Waals surface area contributed by atoms with E-state index in [1.54, 1.807) is 18.2 Å². The number of carbonyl (C=O) groups excluding carboxylic acids is 2. The van der Waals surface area contributed by atoms with Crippen LogP contribution in [0.15, 0.2) is 48.5 Å². The standard InChI is InChI=1S/C21H26N2O4/c1-3-26-18-11-10-17(14-19(18)27-4-2)21(25)23-15-20(24)22-13-12-16-8-6-5-7-9-16/h5-11,14H,3-4,12-13,15H2,1-2H3,(H,22,24)(H,23,25). The zero-order chi connectivity index (χ0) is 19.5. The van der Waals surface area contributed by atoms with Gasteiger partial charge in [0.1, 0.15) is 0 Å². The quantitative estimate of drug-likeness (QED) is 0.674. The molecule has 0 heterocycles. The van der Waals surface area contributed by atoms with E-state index < -0.39 is 0 Å². The van der Waals surface area contributed by atoms with Gasteiger partial charge in [0.05, 0.1) is 19.8 Å². The normalized spacial score (nSPS) is 10.1. The van der Waals surface area contributed by atoms with Gasteiger partial charge in [-0.15, -0.1) is 0 Å². The second kappa shape index (κ2) is 10.9. The number of rotatable bonds is 10. The largest absolute Gasteiger partial charge is 0.490 e. The number of benzene rings is 2. The fourth-order valence-corrected chi connectivity index (χ4v) is 2.51. The smallest absolute Gasteiger partial charge is 0.251 e. The summed E-state index contributed by atoms with van der Waals surface area (Å²) in [5, 5.41) is 5.42. The molecule has 0 aliphatic carbocycles. The highest BCUT2D eigenvalue weighted by atomic mass is 16.5. The molecule has 144 valence electrons. The zero-order valence-corrected chi connectivity index (χ0v) is 15.8. The van der Waals surface area contributed by atoms with Crippen LogP contribution in [0.25, 0.3) is 0 Å². The molecule has 0 fully saturated rings. The van der Waals surface area contributed by atoms with Crippen LogP contribution in [0.3, 0.4) is 0 Å². The number of amides is 2. The fourth-order valence-electron chi connectivity index (χ4n) is 2.51. The number of ether oxygens (including phenoxy) is 2. The van der Waals surface area contributed by atoms with E-state index in [2.05, 4.69) is 10.6 Å². The predicted molar refractivity (Wildman–Crippen MR) is 104 cm³/mol. The average Bonchev–Trinajstić information content (AvgIpc) is 2.68. The van der Waals surface area contributed by atoms with Crippen LogP contribution in [0.1, 0.15) is 29.8 Å². The van der Waals surface area contributed by atoms with Gasteiger partial charge >= 0.3 is 0 Å². The van der Waals surface area contributed by atoms with Crippen LogP contribution >= 0.6 is 0 Å². The molecule has 0 spiro atoms. The molecule has 6 nitrogen and oxygen atoms in total. The van der Waals surface area contributed by atoms with Gasteiger partial charge in [-0.2, -0.15) is 0 Å². The van der Waals surface area contributed by atoms with E-state index in [1.165, 1.54) is 0 Å². The average molecular weight is 370 g/mol. The van der Waals surface area contributed by atoms with Crippen molar-refractivity contribution in [2.75, 3.05) is 26.3 Å². The Morgan fingerprint density at radius 2 is 1.59 bits per heavy atom.